The number of benzene rings is 2. The minimum Gasteiger partial charge on any atom is -0.494 e. The minimum atomic E-state index is -0.384. The van der Waals surface area contributed by atoms with E-state index in [1.807, 2.05) is 0 Å². The van der Waals surface area contributed by atoms with Crippen LogP contribution in [-0.2, 0) is 6.54 Å². The fourth-order valence-electron chi connectivity index (χ4n) is 1.79. The summed E-state index contributed by atoms with van der Waals surface area (Å²) in [6.07, 6.45) is 0. The molecule has 0 fully saturated rings. The topological polar surface area (TPSA) is 35.2 Å². The third kappa shape index (κ3) is 2.33. The lowest BCUT2D eigenvalue weighted by Gasteiger charge is -2.09. The van der Waals surface area contributed by atoms with Crippen molar-refractivity contribution in [3.8, 4) is 16.9 Å². The van der Waals surface area contributed by atoms with E-state index in [-0.39, 0.29) is 11.6 Å². The highest BCUT2D eigenvalue weighted by atomic mass is 35.5. The van der Waals surface area contributed by atoms with Crippen LogP contribution >= 0.6 is 11.6 Å². The Morgan fingerprint density at radius 2 is 2.06 bits per heavy atom. The summed E-state index contributed by atoms with van der Waals surface area (Å²) in [5.41, 5.74) is 7.58. The summed E-state index contributed by atoms with van der Waals surface area (Å²) >= 11 is 5.98. The molecule has 0 aliphatic rings. The SMILES string of the molecule is COc1cccc(-c2ccc(Cl)c(CN)c2)c1F. The van der Waals surface area contributed by atoms with Crippen molar-refractivity contribution >= 4 is 11.6 Å². The first-order valence-electron chi connectivity index (χ1n) is 5.48. The lowest BCUT2D eigenvalue weighted by Crippen LogP contribution is -1.98. The molecule has 94 valence electrons. The number of methoxy groups -OCH3 is 1. The second-order valence-electron chi connectivity index (χ2n) is 3.83. The van der Waals surface area contributed by atoms with Gasteiger partial charge in [0.25, 0.3) is 0 Å². The van der Waals surface area contributed by atoms with Gasteiger partial charge < -0.3 is 10.5 Å². The van der Waals surface area contributed by atoms with E-state index >= 15 is 0 Å². The molecule has 2 rings (SSSR count). The van der Waals surface area contributed by atoms with Gasteiger partial charge in [0.2, 0.25) is 0 Å². The van der Waals surface area contributed by atoms with Gasteiger partial charge in [-0.3, -0.25) is 0 Å². The predicted molar refractivity (Wildman–Crippen MR) is 71.3 cm³/mol. The van der Waals surface area contributed by atoms with Gasteiger partial charge in [0.15, 0.2) is 11.6 Å². The molecule has 0 amide bonds. The van der Waals surface area contributed by atoms with Crippen molar-refractivity contribution in [1.82, 2.24) is 0 Å². The van der Waals surface area contributed by atoms with E-state index in [2.05, 4.69) is 0 Å². The van der Waals surface area contributed by atoms with E-state index in [1.54, 1.807) is 36.4 Å². The van der Waals surface area contributed by atoms with Gasteiger partial charge in [-0.1, -0.05) is 29.8 Å². The van der Waals surface area contributed by atoms with E-state index in [0.29, 0.717) is 17.1 Å². The van der Waals surface area contributed by atoms with Crippen molar-refractivity contribution < 1.29 is 9.13 Å². The zero-order valence-electron chi connectivity index (χ0n) is 9.91. The Morgan fingerprint density at radius 3 is 2.72 bits per heavy atom. The van der Waals surface area contributed by atoms with Crippen molar-refractivity contribution in [2.75, 3.05) is 7.11 Å². The summed E-state index contributed by atoms with van der Waals surface area (Å²) < 4.78 is 19.1. The van der Waals surface area contributed by atoms with Crippen LogP contribution in [0.4, 0.5) is 4.39 Å². The van der Waals surface area contributed by atoms with Crippen LogP contribution in [0.1, 0.15) is 5.56 Å². The van der Waals surface area contributed by atoms with Crippen LogP contribution in [-0.4, -0.2) is 7.11 Å². The fraction of sp³-hybridized carbons (Fsp3) is 0.143. The molecule has 0 saturated heterocycles. The molecule has 4 heteroatoms. The Labute approximate surface area is 110 Å². The maximum absolute atomic E-state index is 14.1. The smallest absolute Gasteiger partial charge is 0.172 e. The maximum atomic E-state index is 14.1. The Morgan fingerprint density at radius 1 is 1.28 bits per heavy atom. The van der Waals surface area contributed by atoms with Crippen molar-refractivity contribution in [1.29, 1.82) is 0 Å². The minimum absolute atomic E-state index is 0.219. The van der Waals surface area contributed by atoms with E-state index in [1.165, 1.54) is 7.11 Å². The normalized spacial score (nSPS) is 10.4. The molecule has 0 atom stereocenters. The van der Waals surface area contributed by atoms with Gasteiger partial charge in [0, 0.05) is 17.1 Å². The van der Waals surface area contributed by atoms with Crippen LogP contribution in [0.25, 0.3) is 11.1 Å². The molecule has 2 aromatic rings. The van der Waals surface area contributed by atoms with Gasteiger partial charge in [-0.2, -0.15) is 0 Å². The average Bonchev–Trinajstić information content (AvgIpc) is 2.40. The van der Waals surface area contributed by atoms with Crippen LogP contribution < -0.4 is 10.5 Å². The second kappa shape index (κ2) is 5.38. The third-order valence-corrected chi connectivity index (χ3v) is 3.13. The molecule has 0 unspecified atom stereocenters. The molecular formula is C14H13ClFNO. The molecule has 2 nitrogen and oxygen atoms in total. The summed E-state index contributed by atoms with van der Waals surface area (Å²) in [4.78, 5) is 0. The van der Waals surface area contributed by atoms with Gasteiger partial charge in [-0.05, 0) is 29.3 Å². The molecule has 0 aromatic heterocycles. The zero-order chi connectivity index (χ0) is 13.1. The largest absolute Gasteiger partial charge is 0.494 e. The Balaban J connectivity index is 2.55. The molecule has 2 aromatic carbocycles. The fourth-order valence-corrected chi connectivity index (χ4v) is 1.98. The van der Waals surface area contributed by atoms with Crippen LogP contribution in [0.15, 0.2) is 36.4 Å². The second-order valence-corrected chi connectivity index (χ2v) is 4.24. The summed E-state index contributed by atoms with van der Waals surface area (Å²) in [6.45, 7) is 0.318. The van der Waals surface area contributed by atoms with E-state index in [4.69, 9.17) is 22.1 Å². The van der Waals surface area contributed by atoms with Crippen LogP contribution in [0.2, 0.25) is 5.02 Å². The average molecular weight is 266 g/mol. The highest BCUT2D eigenvalue weighted by molar-refractivity contribution is 6.31. The standard InChI is InChI=1S/C14H13ClFNO/c1-18-13-4-2-3-11(14(13)16)9-5-6-12(15)10(7-9)8-17/h2-7H,8,17H2,1H3. The highest BCUT2D eigenvalue weighted by Crippen LogP contribution is 2.31. The molecule has 18 heavy (non-hydrogen) atoms. The molecule has 0 aliphatic carbocycles. The number of rotatable bonds is 3. The predicted octanol–water partition coefficient (Wildman–Crippen LogP) is 3.61. The van der Waals surface area contributed by atoms with Crippen molar-refractivity contribution in [3.05, 3.63) is 52.8 Å². The maximum Gasteiger partial charge on any atom is 0.172 e. The van der Waals surface area contributed by atoms with Gasteiger partial charge in [0.1, 0.15) is 0 Å². The summed E-state index contributed by atoms with van der Waals surface area (Å²) in [7, 11) is 1.44. The van der Waals surface area contributed by atoms with Gasteiger partial charge in [0.05, 0.1) is 7.11 Å². The Hall–Kier alpha value is -1.58. The summed E-state index contributed by atoms with van der Waals surface area (Å²) in [6, 6.07) is 10.3. The Bertz CT molecular complexity index is 572. The van der Waals surface area contributed by atoms with E-state index in [0.717, 1.165) is 11.1 Å². The first-order chi connectivity index (χ1) is 8.67. The first kappa shape index (κ1) is 12.9. The molecule has 0 radical (unpaired) electrons. The van der Waals surface area contributed by atoms with Crippen LogP contribution in [0, 0.1) is 5.82 Å². The van der Waals surface area contributed by atoms with Crippen molar-refractivity contribution in [3.63, 3.8) is 0 Å². The number of nitrogens with two attached hydrogens (primary N) is 1. The molecule has 0 aliphatic heterocycles. The summed E-state index contributed by atoms with van der Waals surface area (Å²) in [5, 5.41) is 0.588. The van der Waals surface area contributed by atoms with E-state index in [9.17, 15) is 4.39 Å². The third-order valence-electron chi connectivity index (χ3n) is 2.76. The zero-order valence-corrected chi connectivity index (χ0v) is 10.7. The monoisotopic (exact) mass is 265 g/mol. The Kier molecular flexibility index (Phi) is 3.84. The van der Waals surface area contributed by atoms with Crippen molar-refractivity contribution in [2.24, 2.45) is 5.73 Å². The van der Waals surface area contributed by atoms with E-state index < -0.39 is 0 Å². The number of hydrogen-bond acceptors (Lipinski definition) is 2. The molecule has 0 saturated carbocycles. The number of hydrogen-bond donors (Lipinski definition) is 1. The molecular weight excluding hydrogens is 253 g/mol. The lowest BCUT2D eigenvalue weighted by molar-refractivity contribution is 0.387. The molecule has 0 heterocycles. The van der Waals surface area contributed by atoms with Crippen molar-refractivity contribution in [2.45, 2.75) is 6.54 Å². The van der Waals surface area contributed by atoms with Crippen LogP contribution in [0.5, 0.6) is 5.75 Å². The van der Waals surface area contributed by atoms with Gasteiger partial charge in [-0.15, -0.1) is 0 Å². The summed E-state index contributed by atoms with van der Waals surface area (Å²) in [5.74, 6) is -0.165. The molecule has 0 spiro atoms. The molecule has 2 N–H and O–H groups in total. The number of halogens is 2. The molecule has 0 bridgehead atoms. The number of ether oxygens (including phenoxy) is 1. The lowest BCUT2D eigenvalue weighted by atomic mass is 10.0. The highest BCUT2D eigenvalue weighted by Gasteiger charge is 2.11. The van der Waals surface area contributed by atoms with Crippen LogP contribution in [0.3, 0.4) is 0 Å². The quantitative estimate of drug-likeness (QED) is 0.920. The first-order valence-corrected chi connectivity index (χ1v) is 5.86. The van der Waals surface area contributed by atoms with Gasteiger partial charge in [-0.25, -0.2) is 4.39 Å². The van der Waals surface area contributed by atoms with Gasteiger partial charge >= 0.3 is 0 Å².